The first-order valence-electron chi connectivity index (χ1n) is 6.96. The monoisotopic (exact) mass is 278 g/mol. The first kappa shape index (κ1) is 15.0. The summed E-state index contributed by atoms with van der Waals surface area (Å²) in [5.41, 5.74) is 1.86. The van der Waals surface area contributed by atoms with Gasteiger partial charge in [0.2, 0.25) is 5.91 Å². The molecule has 5 heteroatoms. The second-order valence-electron chi connectivity index (χ2n) is 5.13. The van der Waals surface area contributed by atoms with Gasteiger partial charge in [0, 0.05) is 13.1 Å². The molecular weight excluding hydrogens is 256 g/mol. The van der Waals surface area contributed by atoms with Crippen molar-refractivity contribution in [3.8, 4) is 0 Å². The molecule has 1 aliphatic heterocycles. The van der Waals surface area contributed by atoms with E-state index in [4.69, 9.17) is 4.74 Å². The van der Waals surface area contributed by atoms with Crippen molar-refractivity contribution in [1.29, 1.82) is 0 Å². The Bertz CT molecular complexity index is 464. The molecule has 0 bridgehead atoms. The molecule has 1 aliphatic rings. The summed E-state index contributed by atoms with van der Waals surface area (Å²) in [5.74, 6) is -0.134. The number of rotatable bonds is 4. The summed E-state index contributed by atoms with van der Waals surface area (Å²) in [5, 5.41) is 16.0. The maximum Gasteiger partial charge on any atom is 0.239 e. The SMILES string of the molecule is Cc1ccccc1C(O)CNC(=O)[C@H]1NCCO[C@@H]1C. The fraction of sp³-hybridized carbons (Fsp3) is 0.533. The molecule has 20 heavy (non-hydrogen) atoms. The zero-order valence-corrected chi connectivity index (χ0v) is 11.9. The first-order chi connectivity index (χ1) is 9.59. The quantitative estimate of drug-likeness (QED) is 0.751. The molecule has 1 amide bonds. The molecule has 1 heterocycles. The molecule has 1 fully saturated rings. The fourth-order valence-corrected chi connectivity index (χ4v) is 2.41. The average Bonchev–Trinajstić information content (AvgIpc) is 2.45. The number of benzene rings is 1. The Hall–Kier alpha value is -1.43. The van der Waals surface area contributed by atoms with Crippen LogP contribution in [0.1, 0.15) is 24.2 Å². The number of morpholine rings is 1. The third-order valence-corrected chi connectivity index (χ3v) is 3.62. The minimum atomic E-state index is -0.694. The van der Waals surface area contributed by atoms with Gasteiger partial charge in [-0.05, 0) is 25.0 Å². The lowest BCUT2D eigenvalue weighted by molar-refractivity contribution is -0.129. The molecule has 0 aromatic heterocycles. The Kier molecular flexibility index (Phi) is 5.11. The summed E-state index contributed by atoms with van der Waals surface area (Å²) >= 11 is 0. The van der Waals surface area contributed by atoms with Crippen LogP contribution in [0.5, 0.6) is 0 Å². The maximum atomic E-state index is 12.1. The van der Waals surface area contributed by atoms with Crippen molar-refractivity contribution in [1.82, 2.24) is 10.6 Å². The number of amides is 1. The molecule has 1 aromatic rings. The lowest BCUT2D eigenvalue weighted by Crippen LogP contribution is -2.55. The van der Waals surface area contributed by atoms with Crippen LogP contribution in [0.15, 0.2) is 24.3 Å². The van der Waals surface area contributed by atoms with E-state index in [1.54, 1.807) is 0 Å². The summed E-state index contributed by atoms with van der Waals surface area (Å²) in [6.07, 6.45) is -0.848. The van der Waals surface area contributed by atoms with E-state index in [1.165, 1.54) is 0 Å². The van der Waals surface area contributed by atoms with Gasteiger partial charge in [0.25, 0.3) is 0 Å². The Labute approximate surface area is 119 Å². The van der Waals surface area contributed by atoms with Crippen molar-refractivity contribution >= 4 is 5.91 Å². The van der Waals surface area contributed by atoms with Crippen LogP contribution in [0.4, 0.5) is 0 Å². The molecular formula is C15H22N2O3. The van der Waals surface area contributed by atoms with Crippen LogP contribution < -0.4 is 10.6 Å². The Morgan fingerprint density at radius 2 is 2.30 bits per heavy atom. The van der Waals surface area contributed by atoms with Crippen molar-refractivity contribution in [3.05, 3.63) is 35.4 Å². The van der Waals surface area contributed by atoms with E-state index in [0.29, 0.717) is 13.2 Å². The van der Waals surface area contributed by atoms with Gasteiger partial charge in [0.1, 0.15) is 6.04 Å². The highest BCUT2D eigenvalue weighted by Crippen LogP contribution is 2.16. The summed E-state index contributed by atoms with van der Waals surface area (Å²) in [6.45, 7) is 5.31. The number of carbonyl (C=O) groups is 1. The summed E-state index contributed by atoms with van der Waals surface area (Å²) in [7, 11) is 0. The largest absolute Gasteiger partial charge is 0.387 e. The molecule has 3 N–H and O–H groups in total. The van der Waals surface area contributed by atoms with Crippen LogP contribution >= 0.6 is 0 Å². The van der Waals surface area contributed by atoms with Crippen LogP contribution in [-0.4, -0.2) is 42.9 Å². The molecule has 0 aliphatic carbocycles. The van der Waals surface area contributed by atoms with Gasteiger partial charge in [-0.15, -0.1) is 0 Å². The fourth-order valence-electron chi connectivity index (χ4n) is 2.41. The van der Waals surface area contributed by atoms with Crippen molar-refractivity contribution < 1.29 is 14.6 Å². The van der Waals surface area contributed by atoms with E-state index in [0.717, 1.165) is 11.1 Å². The van der Waals surface area contributed by atoms with E-state index >= 15 is 0 Å². The molecule has 0 radical (unpaired) electrons. The van der Waals surface area contributed by atoms with E-state index in [9.17, 15) is 9.90 Å². The molecule has 2 rings (SSSR count). The van der Waals surface area contributed by atoms with Gasteiger partial charge in [0.05, 0.1) is 18.8 Å². The van der Waals surface area contributed by atoms with Gasteiger partial charge >= 0.3 is 0 Å². The summed E-state index contributed by atoms with van der Waals surface area (Å²) in [4.78, 5) is 12.1. The van der Waals surface area contributed by atoms with Crippen LogP contribution in [0.2, 0.25) is 0 Å². The number of aliphatic hydroxyl groups excluding tert-OH is 1. The number of hydrogen-bond acceptors (Lipinski definition) is 4. The minimum absolute atomic E-state index is 0.134. The molecule has 3 atom stereocenters. The third kappa shape index (κ3) is 3.56. The lowest BCUT2D eigenvalue weighted by atomic mass is 10.0. The van der Waals surface area contributed by atoms with Crippen LogP contribution in [0, 0.1) is 6.92 Å². The van der Waals surface area contributed by atoms with E-state index < -0.39 is 6.10 Å². The predicted molar refractivity (Wildman–Crippen MR) is 76.4 cm³/mol. The van der Waals surface area contributed by atoms with Crippen molar-refractivity contribution in [2.75, 3.05) is 19.7 Å². The molecule has 110 valence electrons. The Morgan fingerprint density at radius 1 is 1.55 bits per heavy atom. The zero-order chi connectivity index (χ0) is 14.5. The Morgan fingerprint density at radius 3 is 3.00 bits per heavy atom. The van der Waals surface area contributed by atoms with Crippen LogP contribution in [0.3, 0.4) is 0 Å². The molecule has 5 nitrogen and oxygen atoms in total. The van der Waals surface area contributed by atoms with Gasteiger partial charge in [-0.1, -0.05) is 24.3 Å². The normalized spacial score (nSPS) is 24.1. The van der Waals surface area contributed by atoms with Crippen molar-refractivity contribution in [2.45, 2.75) is 32.1 Å². The summed E-state index contributed by atoms with van der Waals surface area (Å²) < 4.78 is 5.44. The van der Waals surface area contributed by atoms with Gasteiger partial charge in [0.15, 0.2) is 0 Å². The number of carbonyl (C=O) groups excluding carboxylic acids is 1. The van der Waals surface area contributed by atoms with E-state index in [-0.39, 0.29) is 24.6 Å². The maximum absolute atomic E-state index is 12.1. The zero-order valence-electron chi connectivity index (χ0n) is 11.9. The average molecular weight is 278 g/mol. The predicted octanol–water partition coefficient (Wildman–Crippen LogP) is 0.522. The van der Waals surface area contributed by atoms with E-state index in [1.807, 2.05) is 38.1 Å². The molecule has 1 saturated heterocycles. The number of nitrogens with one attached hydrogen (secondary N) is 2. The number of ether oxygens (including phenoxy) is 1. The van der Waals surface area contributed by atoms with Crippen LogP contribution in [0.25, 0.3) is 0 Å². The Balaban J connectivity index is 1.88. The first-order valence-corrected chi connectivity index (χ1v) is 6.96. The number of aryl methyl sites for hydroxylation is 1. The van der Waals surface area contributed by atoms with E-state index in [2.05, 4.69) is 10.6 Å². The molecule has 0 spiro atoms. The van der Waals surface area contributed by atoms with Crippen molar-refractivity contribution in [3.63, 3.8) is 0 Å². The van der Waals surface area contributed by atoms with Gasteiger partial charge in [-0.3, -0.25) is 4.79 Å². The molecule has 1 unspecified atom stereocenters. The van der Waals surface area contributed by atoms with Crippen molar-refractivity contribution in [2.24, 2.45) is 0 Å². The number of aliphatic hydroxyl groups is 1. The smallest absolute Gasteiger partial charge is 0.239 e. The molecule has 0 saturated carbocycles. The van der Waals surface area contributed by atoms with Gasteiger partial charge < -0.3 is 20.5 Å². The molecule has 1 aromatic carbocycles. The highest BCUT2D eigenvalue weighted by atomic mass is 16.5. The highest BCUT2D eigenvalue weighted by molar-refractivity contribution is 5.82. The second kappa shape index (κ2) is 6.83. The third-order valence-electron chi connectivity index (χ3n) is 3.62. The topological polar surface area (TPSA) is 70.6 Å². The van der Waals surface area contributed by atoms with Gasteiger partial charge in [-0.25, -0.2) is 0 Å². The lowest BCUT2D eigenvalue weighted by Gasteiger charge is -2.29. The summed E-state index contributed by atoms with van der Waals surface area (Å²) in [6, 6.07) is 7.27. The van der Waals surface area contributed by atoms with Gasteiger partial charge in [-0.2, -0.15) is 0 Å². The standard InChI is InChI=1S/C15H22N2O3/c1-10-5-3-4-6-12(10)13(18)9-17-15(19)14-11(2)20-8-7-16-14/h3-6,11,13-14,16,18H,7-9H2,1-2H3,(H,17,19)/t11-,13?,14+/m1/s1. The minimum Gasteiger partial charge on any atom is -0.387 e. The number of hydrogen-bond donors (Lipinski definition) is 3. The van der Waals surface area contributed by atoms with Crippen LogP contribution in [-0.2, 0) is 9.53 Å². The second-order valence-corrected chi connectivity index (χ2v) is 5.13. The highest BCUT2D eigenvalue weighted by Gasteiger charge is 2.28.